The minimum atomic E-state index is -0.634. The first-order valence-electron chi connectivity index (χ1n) is 22.9. The maximum atomic E-state index is 14.1. The molecule has 3 aromatic carbocycles. The number of nitrogens with one attached hydrogen (secondary N) is 2. The SMILES string of the molecule is CCc1cc2c(cc1N1CCC(N3CCN(C(=O)CCCCCCOc4ccc5c(c4)CN(C4CCC(=O)NC4=O)C5=O)CC3)CC1)C(C)(C)c1[nH]c3cc(C#N)ccc3c1C2=O. The van der Waals surface area contributed by atoms with Crippen molar-refractivity contribution < 1.29 is 28.7 Å². The Bertz CT molecular complexity index is 2540. The summed E-state index contributed by atoms with van der Waals surface area (Å²) in [6, 6.07) is 17.4. The first-order valence-corrected chi connectivity index (χ1v) is 22.9. The Hall–Kier alpha value is -6.00. The third-order valence-electron chi connectivity index (χ3n) is 14.3. The number of benzene rings is 3. The number of amides is 4. The van der Waals surface area contributed by atoms with E-state index in [4.69, 9.17) is 4.74 Å². The van der Waals surface area contributed by atoms with Crippen LogP contribution in [0.3, 0.4) is 0 Å². The average Bonchev–Trinajstić information content (AvgIpc) is 3.85. The van der Waals surface area contributed by atoms with Gasteiger partial charge in [-0.2, -0.15) is 5.26 Å². The number of carbonyl (C=O) groups excluding carboxylic acids is 5. The van der Waals surface area contributed by atoms with E-state index in [2.05, 4.69) is 59.1 Å². The number of ketones is 1. The summed E-state index contributed by atoms with van der Waals surface area (Å²) in [4.78, 5) is 76.4. The molecule has 4 amide bonds. The van der Waals surface area contributed by atoms with Crippen LogP contribution in [0, 0.1) is 11.3 Å². The smallest absolute Gasteiger partial charge is 0.255 e. The van der Waals surface area contributed by atoms with Gasteiger partial charge in [0.25, 0.3) is 5.91 Å². The van der Waals surface area contributed by atoms with Crippen LogP contribution in [-0.4, -0.2) is 107 Å². The van der Waals surface area contributed by atoms with Crippen molar-refractivity contribution in [2.75, 3.05) is 50.8 Å². The molecule has 3 saturated heterocycles. The molecule has 328 valence electrons. The van der Waals surface area contributed by atoms with Gasteiger partial charge in [0.15, 0.2) is 5.78 Å². The van der Waals surface area contributed by atoms with Gasteiger partial charge in [0, 0.05) is 104 Å². The Morgan fingerprint density at radius 3 is 2.41 bits per heavy atom. The number of fused-ring (bicyclic) bond motifs is 5. The summed E-state index contributed by atoms with van der Waals surface area (Å²) in [6.45, 7) is 12.6. The lowest BCUT2D eigenvalue weighted by Gasteiger charge is -2.44. The number of aromatic nitrogens is 1. The van der Waals surface area contributed by atoms with E-state index in [1.165, 1.54) is 11.3 Å². The number of hydrogen-bond donors (Lipinski definition) is 2. The monoisotopic (exact) mass is 851 g/mol. The van der Waals surface area contributed by atoms with Crippen molar-refractivity contribution >= 4 is 46.0 Å². The number of nitriles is 1. The van der Waals surface area contributed by atoms with Crippen LogP contribution >= 0.6 is 0 Å². The van der Waals surface area contributed by atoms with Crippen molar-refractivity contribution in [3.8, 4) is 11.8 Å². The Morgan fingerprint density at radius 2 is 1.67 bits per heavy atom. The van der Waals surface area contributed by atoms with Crippen molar-refractivity contribution in [3.05, 3.63) is 93.2 Å². The van der Waals surface area contributed by atoms with Crippen molar-refractivity contribution in [3.63, 3.8) is 0 Å². The molecular weight excluding hydrogens is 795 g/mol. The molecule has 5 heterocycles. The number of piperazine rings is 1. The topological polar surface area (TPSA) is 159 Å². The van der Waals surface area contributed by atoms with E-state index in [0.717, 1.165) is 123 Å². The third kappa shape index (κ3) is 7.99. The van der Waals surface area contributed by atoms with E-state index < -0.39 is 17.4 Å². The lowest BCUT2D eigenvalue weighted by Crippen LogP contribution is -2.54. The molecule has 1 unspecified atom stereocenters. The van der Waals surface area contributed by atoms with Crippen LogP contribution in [0.25, 0.3) is 10.9 Å². The molecule has 1 atom stereocenters. The zero-order chi connectivity index (χ0) is 44.0. The Balaban J connectivity index is 0.701. The maximum absolute atomic E-state index is 14.1. The summed E-state index contributed by atoms with van der Waals surface area (Å²) < 4.78 is 6.00. The predicted molar refractivity (Wildman–Crippen MR) is 239 cm³/mol. The van der Waals surface area contributed by atoms with Crippen molar-refractivity contribution in [1.82, 2.24) is 25.0 Å². The summed E-state index contributed by atoms with van der Waals surface area (Å²) in [5, 5.41) is 12.7. The number of H-pyrrole nitrogens is 1. The number of piperidine rings is 2. The highest BCUT2D eigenvalue weighted by atomic mass is 16.5. The Kier molecular flexibility index (Phi) is 11.6. The predicted octanol–water partition coefficient (Wildman–Crippen LogP) is 6.38. The zero-order valence-electron chi connectivity index (χ0n) is 36.7. The molecule has 0 saturated carbocycles. The van der Waals surface area contributed by atoms with E-state index in [9.17, 15) is 29.2 Å². The van der Waals surface area contributed by atoms with Gasteiger partial charge in [0.1, 0.15) is 11.8 Å². The molecule has 2 N–H and O–H groups in total. The normalized spacial score (nSPS) is 20.1. The molecule has 1 aromatic heterocycles. The molecule has 4 aliphatic heterocycles. The number of nitrogens with zero attached hydrogens (tertiary/aromatic N) is 5. The van der Waals surface area contributed by atoms with Crippen molar-refractivity contribution in [2.45, 2.75) is 109 Å². The highest BCUT2D eigenvalue weighted by molar-refractivity contribution is 6.20. The van der Waals surface area contributed by atoms with Gasteiger partial charge in [-0.3, -0.25) is 34.2 Å². The van der Waals surface area contributed by atoms with Gasteiger partial charge in [-0.25, -0.2) is 0 Å². The van der Waals surface area contributed by atoms with Gasteiger partial charge >= 0.3 is 0 Å². The van der Waals surface area contributed by atoms with E-state index in [1.807, 2.05) is 23.1 Å². The lowest BCUT2D eigenvalue weighted by molar-refractivity contribution is -0.137. The van der Waals surface area contributed by atoms with Crippen molar-refractivity contribution in [1.29, 1.82) is 5.26 Å². The lowest BCUT2D eigenvalue weighted by atomic mass is 9.70. The number of unbranched alkanes of at least 4 members (excludes halogenated alkanes) is 3. The van der Waals surface area contributed by atoms with Crippen LogP contribution in [-0.2, 0) is 32.8 Å². The summed E-state index contributed by atoms with van der Waals surface area (Å²) in [5.41, 5.74) is 8.26. The Labute approximate surface area is 368 Å². The fourth-order valence-corrected chi connectivity index (χ4v) is 10.7. The van der Waals surface area contributed by atoms with Crippen molar-refractivity contribution in [2.24, 2.45) is 0 Å². The van der Waals surface area contributed by atoms with E-state index >= 15 is 0 Å². The number of imide groups is 1. The minimum Gasteiger partial charge on any atom is -0.494 e. The molecule has 63 heavy (non-hydrogen) atoms. The van der Waals surface area contributed by atoms with Crippen LogP contribution < -0.4 is 15.0 Å². The summed E-state index contributed by atoms with van der Waals surface area (Å²) in [7, 11) is 0. The first kappa shape index (κ1) is 42.3. The highest BCUT2D eigenvalue weighted by Gasteiger charge is 2.42. The molecule has 5 aliphatic rings. The number of aryl methyl sites for hydroxylation is 1. The van der Waals surface area contributed by atoms with Gasteiger partial charge in [-0.15, -0.1) is 0 Å². The average molecular weight is 852 g/mol. The number of anilines is 1. The van der Waals surface area contributed by atoms with Gasteiger partial charge < -0.3 is 24.4 Å². The van der Waals surface area contributed by atoms with Crippen LogP contribution in [0.5, 0.6) is 5.75 Å². The molecule has 13 heteroatoms. The summed E-state index contributed by atoms with van der Waals surface area (Å²) >= 11 is 0. The number of rotatable bonds is 12. The van der Waals surface area contributed by atoms with Crippen LogP contribution in [0.1, 0.15) is 133 Å². The largest absolute Gasteiger partial charge is 0.494 e. The van der Waals surface area contributed by atoms with E-state index in [1.54, 1.807) is 23.1 Å². The zero-order valence-corrected chi connectivity index (χ0v) is 36.7. The molecular formula is C50H57N7O6. The molecule has 9 rings (SSSR count). The second kappa shape index (κ2) is 17.3. The molecule has 0 bridgehead atoms. The fourth-order valence-electron chi connectivity index (χ4n) is 10.7. The van der Waals surface area contributed by atoms with E-state index in [-0.39, 0.29) is 29.9 Å². The summed E-state index contributed by atoms with van der Waals surface area (Å²) in [6.07, 6.45) is 7.72. The fraction of sp³-hybridized carbons (Fsp3) is 0.480. The highest BCUT2D eigenvalue weighted by Crippen LogP contribution is 2.46. The number of carbonyl (C=O) groups is 5. The molecule has 0 radical (unpaired) electrons. The molecule has 13 nitrogen and oxygen atoms in total. The number of aromatic amines is 1. The summed E-state index contributed by atoms with van der Waals surface area (Å²) in [5.74, 6) is 0.0769. The molecule has 3 fully saturated rings. The van der Waals surface area contributed by atoms with Gasteiger partial charge in [0.05, 0.1) is 23.8 Å². The number of ether oxygens (including phenoxy) is 1. The van der Waals surface area contributed by atoms with Gasteiger partial charge in [0.2, 0.25) is 17.7 Å². The molecule has 4 aromatic rings. The Morgan fingerprint density at radius 1 is 0.889 bits per heavy atom. The van der Waals surface area contributed by atoms with Gasteiger partial charge in [-0.1, -0.05) is 39.7 Å². The second-order valence-electron chi connectivity index (χ2n) is 18.4. The third-order valence-corrected chi connectivity index (χ3v) is 14.3. The molecule has 1 aliphatic carbocycles. The maximum Gasteiger partial charge on any atom is 0.255 e. The molecule has 0 spiro atoms. The minimum absolute atomic E-state index is 0.0487. The first-order chi connectivity index (χ1) is 30.4. The van der Waals surface area contributed by atoms with Crippen LogP contribution in [0.15, 0.2) is 48.5 Å². The van der Waals surface area contributed by atoms with Gasteiger partial charge in [-0.05, 0) is 97.7 Å². The second-order valence-corrected chi connectivity index (χ2v) is 18.4. The van der Waals surface area contributed by atoms with Crippen LogP contribution in [0.4, 0.5) is 5.69 Å². The standard InChI is InChI=1S/C50H57N7O6/c1-4-32-27-38-39(50(2,3)47-45(46(38)60)37-12-10-31(29-51)25-40(37)52-47)28-42(32)55-18-16-34(17-19-55)54-20-22-56(23-21-54)44(59)9-7-5-6-8-24-63-35-11-13-36-33(26-35)30-57(49(36)62)41-14-15-43(58)53-48(41)61/h10-13,25-28,34,41,52H,4-9,14-24,30H2,1-3H3,(H,53,58,61). The van der Waals surface area contributed by atoms with E-state index in [0.29, 0.717) is 48.9 Å². The van der Waals surface area contributed by atoms with Crippen LogP contribution in [0.2, 0.25) is 0 Å². The quantitative estimate of drug-likeness (QED) is 0.122. The number of hydrogen-bond acceptors (Lipinski definition) is 9.